The third-order valence-electron chi connectivity index (χ3n) is 4.79. The summed E-state index contributed by atoms with van der Waals surface area (Å²) >= 11 is 0. The van der Waals surface area contributed by atoms with Crippen LogP contribution in [0.3, 0.4) is 0 Å². The number of fused-ring (bicyclic) bond motifs is 1. The molecule has 0 radical (unpaired) electrons. The number of nitrogens with one attached hydrogen (secondary N) is 2. The quantitative estimate of drug-likeness (QED) is 0.517. The Hall–Kier alpha value is -4.84. The van der Waals surface area contributed by atoms with Crippen LogP contribution in [-0.2, 0) is 4.79 Å². The predicted octanol–water partition coefficient (Wildman–Crippen LogP) is 3.23. The number of aromatic nitrogens is 3. The number of hydrogen-bond donors (Lipinski definition) is 2. The van der Waals surface area contributed by atoms with Crippen LogP contribution in [0.1, 0.15) is 16.7 Å². The number of benzodiazepines with no additional fused rings is 1. The molecule has 0 spiro atoms. The molecule has 0 saturated heterocycles. The maximum atomic E-state index is 12.9. The van der Waals surface area contributed by atoms with E-state index >= 15 is 0 Å². The van der Waals surface area contributed by atoms with E-state index in [2.05, 4.69) is 30.8 Å². The van der Waals surface area contributed by atoms with Gasteiger partial charge in [0.05, 0.1) is 17.0 Å². The summed E-state index contributed by atoms with van der Waals surface area (Å²) in [5.74, 6) is -0.207. The molecule has 0 saturated carbocycles. The number of nitrogens with zero attached hydrogens (tertiary/aromatic N) is 5. The molecule has 1 atom stereocenters. The van der Waals surface area contributed by atoms with Gasteiger partial charge in [-0.2, -0.15) is 5.26 Å². The van der Waals surface area contributed by atoms with Crippen LogP contribution in [0, 0.1) is 11.3 Å². The van der Waals surface area contributed by atoms with Crippen LogP contribution in [0.5, 0.6) is 0 Å². The van der Waals surface area contributed by atoms with Crippen molar-refractivity contribution in [2.24, 2.45) is 4.99 Å². The number of anilines is 2. The van der Waals surface area contributed by atoms with Gasteiger partial charge in [-0.25, -0.2) is 9.98 Å². The molecule has 3 heterocycles. The number of amides is 1. The van der Waals surface area contributed by atoms with Crippen LogP contribution in [0.4, 0.5) is 11.7 Å². The van der Waals surface area contributed by atoms with Crippen molar-refractivity contribution in [3.8, 4) is 17.7 Å². The molecule has 0 fully saturated rings. The summed E-state index contributed by atoms with van der Waals surface area (Å²) in [7, 11) is 0. The molecule has 1 amide bonds. The minimum Gasteiger partial charge on any atom is -0.402 e. The molecule has 2 aromatic heterocycles. The zero-order valence-electron chi connectivity index (χ0n) is 16.6. The summed E-state index contributed by atoms with van der Waals surface area (Å²) in [6, 6.07) is 22.3. The van der Waals surface area contributed by atoms with E-state index in [1.54, 1.807) is 12.1 Å². The van der Waals surface area contributed by atoms with Gasteiger partial charge >= 0.3 is 6.01 Å². The number of para-hydroxylation sites is 1. The number of hydrogen-bond acceptors (Lipinski definition) is 8. The second kappa shape index (κ2) is 8.12. The molecule has 1 aliphatic heterocycles. The third-order valence-corrected chi connectivity index (χ3v) is 4.79. The van der Waals surface area contributed by atoms with Gasteiger partial charge in [0, 0.05) is 17.3 Å². The molecule has 2 N–H and O–H groups in total. The van der Waals surface area contributed by atoms with E-state index in [-0.39, 0.29) is 17.8 Å². The van der Waals surface area contributed by atoms with Crippen LogP contribution < -0.4 is 10.6 Å². The van der Waals surface area contributed by atoms with Crippen LogP contribution in [-0.4, -0.2) is 33.0 Å². The van der Waals surface area contributed by atoms with E-state index in [1.165, 1.54) is 6.20 Å². The van der Waals surface area contributed by atoms with Crippen LogP contribution in [0.2, 0.25) is 0 Å². The van der Waals surface area contributed by atoms with E-state index in [0.29, 0.717) is 22.7 Å². The number of aliphatic imine (C=N–C) groups is 1. The molecule has 2 aromatic carbocycles. The second-order valence-corrected chi connectivity index (χ2v) is 6.88. The Morgan fingerprint density at radius 3 is 2.59 bits per heavy atom. The summed E-state index contributed by atoms with van der Waals surface area (Å²) < 4.78 is 5.63. The molecule has 1 unspecified atom stereocenters. The number of benzene rings is 2. The number of carbonyl (C=O) groups excluding carboxylic acids is 1. The Labute approximate surface area is 182 Å². The fourth-order valence-corrected chi connectivity index (χ4v) is 3.27. The summed E-state index contributed by atoms with van der Waals surface area (Å²) in [4.78, 5) is 21.7. The van der Waals surface area contributed by atoms with E-state index in [1.807, 2.05) is 60.7 Å². The third kappa shape index (κ3) is 3.68. The Morgan fingerprint density at radius 1 is 1.00 bits per heavy atom. The van der Waals surface area contributed by atoms with E-state index in [9.17, 15) is 4.79 Å². The first-order valence-corrected chi connectivity index (χ1v) is 9.71. The monoisotopic (exact) mass is 421 g/mol. The molecule has 154 valence electrons. The highest BCUT2D eigenvalue weighted by atomic mass is 16.4. The zero-order valence-corrected chi connectivity index (χ0v) is 16.6. The average molecular weight is 421 g/mol. The van der Waals surface area contributed by atoms with Crippen LogP contribution in [0.25, 0.3) is 11.6 Å². The molecule has 1 aliphatic rings. The molecule has 0 bridgehead atoms. The van der Waals surface area contributed by atoms with E-state index < -0.39 is 6.17 Å². The Morgan fingerprint density at radius 2 is 1.81 bits per heavy atom. The maximum absolute atomic E-state index is 12.9. The van der Waals surface area contributed by atoms with Gasteiger partial charge in [0.2, 0.25) is 6.17 Å². The highest BCUT2D eigenvalue weighted by Gasteiger charge is 2.27. The lowest BCUT2D eigenvalue weighted by atomic mass is 10.0. The van der Waals surface area contributed by atoms with Crippen molar-refractivity contribution in [2.75, 3.05) is 10.6 Å². The summed E-state index contributed by atoms with van der Waals surface area (Å²) in [5, 5.41) is 22.6. The lowest BCUT2D eigenvalue weighted by Gasteiger charge is -2.11. The minimum absolute atomic E-state index is 0.0217. The summed E-state index contributed by atoms with van der Waals surface area (Å²) in [6.45, 7) is 0. The topological polar surface area (TPSA) is 129 Å². The Bertz CT molecular complexity index is 1360. The lowest BCUT2D eigenvalue weighted by molar-refractivity contribution is -0.116. The first-order valence-electron chi connectivity index (χ1n) is 9.71. The smallest absolute Gasteiger partial charge is 0.317 e. The first kappa shape index (κ1) is 19.1. The van der Waals surface area contributed by atoms with Gasteiger partial charge in [-0.15, -0.1) is 5.10 Å². The van der Waals surface area contributed by atoms with Crippen LogP contribution >= 0.6 is 0 Å². The maximum Gasteiger partial charge on any atom is 0.317 e. The van der Waals surface area contributed by atoms with Crippen molar-refractivity contribution in [1.29, 1.82) is 5.26 Å². The number of rotatable bonds is 4. The molecule has 0 aliphatic carbocycles. The fraction of sp³-hybridized carbons (Fsp3) is 0.0435. The van der Waals surface area contributed by atoms with Crippen molar-refractivity contribution in [2.45, 2.75) is 6.17 Å². The number of nitriles is 1. The molecule has 5 rings (SSSR count). The Balaban J connectivity index is 1.48. The molecular weight excluding hydrogens is 406 g/mol. The molecule has 9 nitrogen and oxygen atoms in total. The number of pyridine rings is 1. The molecular formula is C23H15N7O2. The zero-order chi connectivity index (χ0) is 21.9. The second-order valence-electron chi connectivity index (χ2n) is 6.88. The summed E-state index contributed by atoms with van der Waals surface area (Å²) in [5.41, 5.74) is 3.84. The lowest BCUT2D eigenvalue weighted by Crippen LogP contribution is -2.32. The summed E-state index contributed by atoms with van der Waals surface area (Å²) in [6.07, 6.45) is 0.416. The molecule has 9 heteroatoms. The minimum atomic E-state index is -1.00. The van der Waals surface area contributed by atoms with Gasteiger partial charge in [0.15, 0.2) is 0 Å². The largest absolute Gasteiger partial charge is 0.402 e. The van der Waals surface area contributed by atoms with Gasteiger partial charge in [-0.1, -0.05) is 53.6 Å². The van der Waals surface area contributed by atoms with Crippen molar-refractivity contribution in [1.82, 2.24) is 15.2 Å². The standard InChI is InChI=1S/C23H15N7O2/c24-12-14-10-11-18(25-13-14)22-29-30-23(32-22)28-20-21(31)26-17-9-5-4-8-16(17)19(27-20)15-6-2-1-3-7-15/h1-11,13,20H,(H,26,31)(H,28,30). The van der Waals surface area contributed by atoms with Crippen LogP contribution in [0.15, 0.2) is 82.3 Å². The van der Waals surface area contributed by atoms with Gasteiger partial charge < -0.3 is 15.1 Å². The molecule has 32 heavy (non-hydrogen) atoms. The van der Waals surface area contributed by atoms with E-state index in [4.69, 9.17) is 9.68 Å². The highest BCUT2D eigenvalue weighted by Crippen LogP contribution is 2.25. The predicted molar refractivity (Wildman–Crippen MR) is 117 cm³/mol. The van der Waals surface area contributed by atoms with Gasteiger partial charge in [0.1, 0.15) is 11.8 Å². The normalized spacial score (nSPS) is 15.0. The van der Waals surface area contributed by atoms with Crippen molar-refractivity contribution >= 4 is 23.3 Å². The van der Waals surface area contributed by atoms with Crippen molar-refractivity contribution in [3.63, 3.8) is 0 Å². The SMILES string of the molecule is N#Cc1ccc(-c2nnc(NC3N=C(c4ccccc4)c4ccccc4NC3=O)o2)nc1. The number of carbonyl (C=O) groups is 1. The Kier molecular flexibility index (Phi) is 4.86. The fourth-order valence-electron chi connectivity index (χ4n) is 3.27. The van der Waals surface area contributed by atoms with Gasteiger partial charge in [-0.3, -0.25) is 4.79 Å². The van der Waals surface area contributed by atoms with E-state index in [0.717, 1.165) is 11.1 Å². The first-order chi connectivity index (χ1) is 15.7. The van der Waals surface area contributed by atoms with Crippen molar-refractivity contribution < 1.29 is 9.21 Å². The average Bonchev–Trinajstić information content (AvgIpc) is 3.26. The van der Waals surface area contributed by atoms with Crippen molar-refractivity contribution in [3.05, 3.63) is 89.6 Å². The highest BCUT2D eigenvalue weighted by molar-refractivity contribution is 6.19. The van der Waals surface area contributed by atoms with Gasteiger partial charge in [-0.05, 0) is 18.2 Å². The van der Waals surface area contributed by atoms with Gasteiger partial charge in [0.25, 0.3) is 11.8 Å². The molecule has 4 aromatic rings.